The molecule has 178 valence electrons. The molecule has 3 aliphatic rings. The zero-order valence-electron chi connectivity index (χ0n) is 18.4. The molecule has 5 rings (SSSR count). The third-order valence-electron chi connectivity index (χ3n) is 6.49. The number of thioether (sulfide) groups is 1. The Morgan fingerprint density at radius 1 is 1.21 bits per heavy atom. The van der Waals surface area contributed by atoms with Gasteiger partial charge in [-0.25, -0.2) is 8.78 Å². The van der Waals surface area contributed by atoms with E-state index < -0.39 is 46.9 Å². The summed E-state index contributed by atoms with van der Waals surface area (Å²) >= 11 is 1.52. The molecule has 1 aromatic heterocycles. The summed E-state index contributed by atoms with van der Waals surface area (Å²) in [5, 5.41) is 12.4. The molecule has 2 aliphatic heterocycles. The van der Waals surface area contributed by atoms with Crippen molar-refractivity contribution in [3.05, 3.63) is 81.8 Å². The molecule has 3 atom stereocenters. The van der Waals surface area contributed by atoms with E-state index in [1.807, 2.05) is 35.5 Å². The quantitative estimate of drug-likeness (QED) is 0.666. The van der Waals surface area contributed by atoms with E-state index in [1.165, 1.54) is 28.7 Å². The summed E-state index contributed by atoms with van der Waals surface area (Å²) in [5.74, 6) is -3.36. The van der Waals surface area contributed by atoms with E-state index in [0.717, 1.165) is 16.5 Å². The van der Waals surface area contributed by atoms with Gasteiger partial charge in [0.25, 0.3) is 5.91 Å². The number of aromatic hydroxyl groups is 1. The lowest BCUT2D eigenvalue weighted by Crippen LogP contribution is -2.66. The van der Waals surface area contributed by atoms with Crippen LogP contribution in [0, 0.1) is 5.92 Å². The average molecular weight is 488 g/mol. The largest absolute Gasteiger partial charge is 0.502 e. The normalized spacial score (nSPS) is 23.1. The number of carbonyl (C=O) groups is 1. The van der Waals surface area contributed by atoms with Crippen molar-refractivity contribution in [3.63, 3.8) is 0 Å². The van der Waals surface area contributed by atoms with Crippen LogP contribution in [0.2, 0.25) is 0 Å². The molecule has 2 aromatic rings. The molecule has 3 heterocycles. The van der Waals surface area contributed by atoms with Crippen molar-refractivity contribution in [2.24, 2.45) is 5.92 Å². The number of rotatable bonds is 4. The summed E-state index contributed by atoms with van der Waals surface area (Å²) in [5.41, 5.74) is 0.0315. The summed E-state index contributed by atoms with van der Waals surface area (Å²) in [6.45, 7) is 0.758. The zero-order chi connectivity index (χ0) is 24.0. The van der Waals surface area contributed by atoms with Gasteiger partial charge in [0.1, 0.15) is 12.0 Å². The van der Waals surface area contributed by atoms with Crippen LogP contribution in [-0.2, 0) is 4.74 Å². The van der Waals surface area contributed by atoms with Crippen molar-refractivity contribution in [1.29, 1.82) is 0 Å². The fourth-order valence-electron chi connectivity index (χ4n) is 4.92. The van der Waals surface area contributed by atoms with Crippen LogP contribution in [0.4, 0.5) is 8.78 Å². The molecular formula is C24H23F2N3O4S. The van der Waals surface area contributed by atoms with Gasteiger partial charge in [0.05, 0.1) is 19.3 Å². The zero-order valence-corrected chi connectivity index (χ0v) is 19.2. The van der Waals surface area contributed by atoms with Crippen molar-refractivity contribution < 1.29 is 23.4 Å². The number of pyridine rings is 1. The Kier molecular flexibility index (Phi) is 5.95. The number of hydrogen-bond acceptors (Lipinski definition) is 6. The van der Waals surface area contributed by atoms with Crippen LogP contribution < -0.4 is 10.4 Å². The fraction of sp³-hybridized carbons (Fsp3) is 0.333. The molecule has 1 aromatic carbocycles. The number of ether oxygens (including phenoxy) is 1. The molecule has 2 unspecified atom stereocenters. The first-order valence-corrected chi connectivity index (χ1v) is 12.1. The van der Waals surface area contributed by atoms with Gasteiger partial charge < -0.3 is 14.7 Å². The van der Waals surface area contributed by atoms with Gasteiger partial charge in [0, 0.05) is 36.0 Å². The number of nitrogens with zero attached hydrogens (tertiary/aromatic N) is 3. The maximum Gasteiger partial charge on any atom is 0.278 e. The monoisotopic (exact) mass is 487 g/mol. The first-order chi connectivity index (χ1) is 16.4. The van der Waals surface area contributed by atoms with Crippen LogP contribution in [-0.4, -0.2) is 52.8 Å². The van der Waals surface area contributed by atoms with Crippen LogP contribution in [0.3, 0.4) is 0 Å². The lowest BCUT2D eigenvalue weighted by atomic mass is 9.86. The number of halogens is 2. The minimum Gasteiger partial charge on any atom is -0.502 e. The average Bonchev–Trinajstić information content (AvgIpc) is 2.85. The van der Waals surface area contributed by atoms with Crippen LogP contribution in [0.5, 0.6) is 5.75 Å². The number of benzene rings is 1. The number of morpholine rings is 1. The highest BCUT2D eigenvalue weighted by Gasteiger charge is 2.46. The second-order valence-electron chi connectivity index (χ2n) is 8.32. The Morgan fingerprint density at radius 3 is 2.76 bits per heavy atom. The van der Waals surface area contributed by atoms with E-state index in [-0.39, 0.29) is 25.3 Å². The van der Waals surface area contributed by atoms with Gasteiger partial charge in [-0.3, -0.25) is 19.3 Å². The molecule has 1 N–H and O–H groups in total. The van der Waals surface area contributed by atoms with Crippen LogP contribution in [0.15, 0.2) is 70.0 Å². The Bertz CT molecular complexity index is 1260. The van der Waals surface area contributed by atoms with Gasteiger partial charge in [-0.2, -0.15) is 0 Å². The standard InChI is InChI=1S/C24H23F2N3O4S/c1-34-19-5-3-2-4-15(19)21(14-6-7-16(25)17(26)12-14)29-20-13-33-11-10-27(20)24(32)22-23(31)18(30)8-9-28(22)29/h2-9,14,20-21,31H,10-13H2,1H3/t14?,20-,21?/m1/s1. The fourth-order valence-corrected chi connectivity index (χ4v) is 5.56. The van der Waals surface area contributed by atoms with E-state index in [9.17, 15) is 23.5 Å². The summed E-state index contributed by atoms with van der Waals surface area (Å²) in [6.07, 6.45) is 5.38. The molecule has 1 aliphatic carbocycles. The van der Waals surface area contributed by atoms with Crippen molar-refractivity contribution in [2.75, 3.05) is 31.0 Å². The topological polar surface area (TPSA) is 75.0 Å². The van der Waals surface area contributed by atoms with Gasteiger partial charge in [0.2, 0.25) is 5.43 Å². The van der Waals surface area contributed by atoms with Crippen molar-refractivity contribution in [3.8, 4) is 5.75 Å². The number of aromatic nitrogens is 1. The van der Waals surface area contributed by atoms with Crippen LogP contribution in [0.1, 0.15) is 28.5 Å². The Labute approximate surface area is 198 Å². The predicted molar refractivity (Wildman–Crippen MR) is 124 cm³/mol. The molecule has 0 radical (unpaired) electrons. The Morgan fingerprint density at radius 2 is 2.00 bits per heavy atom. The van der Waals surface area contributed by atoms with E-state index in [2.05, 4.69) is 0 Å². The lowest BCUT2D eigenvalue weighted by molar-refractivity contribution is -0.0228. The lowest BCUT2D eigenvalue weighted by Gasteiger charge is -2.52. The van der Waals surface area contributed by atoms with Crippen LogP contribution >= 0.6 is 11.8 Å². The minimum absolute atomic E-state index is 0.153. The summed E-state index contributed by atoms with van der Waals surface area (Å²) in [4.78, 5) is 28.0. The van der Waals surface area contributed by atoms with Gasteiger partial charge >= 0.3 is 0 Å². The molecule has 0 saturated carbocycles. The van der Waals surface area contributed by atoms with Crippen molar-refractivity contribution in [1.82, 2.24) is 9.58 Å². The van der Waals surface area contributed by atoms with Gasteiger partial charge in [-0.05, 0) is 24.0 Å². The maximum atomic E-state index is 14.5. The second kappa shape index (κ2) is 8.92. The number of carbonyl (C=O) groups excluding carboxylic acids is 1. The summed E-state index contributed by atoms with van der Waals surface area (Å²) in [6, 6.07) is 8.25. The van der Waals surface area contributed by atoms with Gasteiger partial charge in [-0.15, -0.1) is 11.8 Å². The first-order valence-electron chi connectivity index (χ1n) is 10.9. The molecule has 7 nitrogen and oxygen atoms in total. The maximum absolute atomic E-state index is 14.5. The molecule has 0 bridgehead atoms. The van der Waals surface area contributed by atoms with E-state index >= 15 is 0 Å². The molecule has 1 saturated heterocycles. The smallest absolute Gasteiger partial charge is 0.278 e. The van der Waals surface area contributed by atoms with Crippen molar-refractivity contribution in [2.45, 2.75) is 23.5 Å². The molecule has 1 fully saturated rings. The highest BCUT2D eigenvalue weighted by Crippen LogP contribution is 2.43. The third kappa shape index (κ3) is 3.61. The molecule has 1 amide bonds. The third-order valence-corrected chi connectivity index (χ3v) is 7.30. The predicted octanol–water partition coefficient (Wildman–Crippen LogP) is 3.49. The number of fused-ring (bicyclic) bond motifs is 2. The highest BCUT2D eigenvalue weighted by molar-refractivity contribution is 7.98. The SMILES string of the molecule is CSc1ccccc1C(C1C=CC(F)=C(F)C1)N1[C@@H]2COCCN2C(=O)c2c(O)c(=O)ccn21. The minimum atomic E-state index is -0.897. The molecule has 10 heteroatoms. The van der Waals surface area contributed by atoms with E-state index in [1.54, 1.807) is 11.0 Å². The van der Waals surface area contributed by atoms with E-state index in [0.29, 0.717) is 6.61 Å². The van der Waals surface area contributed by atoms with Crippen molar-refractivity contribution >= 4 is 17.7 Å². The number of amides is 1. The molecular weight excluding hydrogens is 464 g/mol. The van der Waals surface area contributed by atoms with E-state index in [4.69, 9.17) is 4.74 Å². The van der Waals surface area contributed by atoms with Gasteiger partial charge in [-0.1, -0.05) is 24.3 Å². The Balaban J connectivity index is 1.75. The summed E-state index contributed by atoms with van der Waals surface area (Å²) < 4.78 is 35.6. The Hall–Kier alpha value is -3.11. The van der Waals surface area contributed by atoms with Gasteiger partial charge in [0.15, 0.2) is 17.3 Å². The second-order valence-corrected chi connectivity index (χ2v) is 9.17. The first kappa shape index (κ1) is 22.7. The molecule has 0 spiro atoms. The number of allylic oxidation sites excluding steroid dienone is 3. The summed E-state index contributed by atoms with van der Waals surface area (Å²) in [7, 11) is 0. The highest BCUT2D eigenvalue weighted by atomic mass is 32.2. The molecule has 34 heavy (non-hydrogen) atoms. The number of hydrogen-bond donors (Lipinski definition) is 1. The van der Waals surface area contributed by atoms with Crippen LogP contribution in [0.25, 0.3) is 0 Å².